The first kappa shape index (κ1) is 16.0. The number of thiazole rings is 1. The first-order chi connectivity index (χ1) is 13.8. The molecular formula is C24H13NOS2. The predicted octanol–water partition coefficient (Wildman–Crippen LogP) is 6.81. The van der Waals surface area contributed by atoms with Gasteiger partial charge in [-0.05, 0) is 34.7 Å². The second kappa shape index (κ2) is 6.03. The van der Waals surface area contributed by atoms with Crippen molar-refractivity contribution in [3.8, 4) is 11.1 Å². The fourth-order valence-electron chi connectivity index (χ4n) is 3.93. The number of para-hydroxylation sites is 1. The molecular weight excluding hydrogens is 382 g/mol. The number of hydrogen-bond acceptors (Lipinski definition) is 4. The third kappa shape index (κ3) is 2.28. The lowest BCUT2D eigenvalue weighted by Crippen LogP contribution is -2.09. The summed E-state index contributed by atoms with van der Waals surface area (Å²) in [7, 11) is 0. The second-order valence-electron chi connectivity index (χ2n) is 6.76. The number of fused-ring (bicyclic) bond motifs is 3. The predicted molar refractivity (Wildman–Crippen MR) is 117 cm³/mol. The van der Waals surface area contributed by atoms with Gasteiger partial charge in [0.2, 0.25) is 0 Å². The van der Waals surface area contributed by atoms with Crippen molar-refractivity contribution in [3.63, 3.8) is 0 Å². The van der Waals surface area contributed by atoms with Gasteiger partial charge in [0, 0.05) is 21.4 Å². The Labute approximate surface area is 169 Å². The van der Waals surface area contributed by atoms with Crippen LogP contribution in [0.4, 0.5) is 0 Å². The van der Waals surface area contributed by atoms with Crippen molar-refractivity contribution in [2.45, 2.75) is 9.24 Å². The maximum absolute atomic E-state index is 13.1. The minimum Gasteiger partial charge on any atom is -0.289 e. The quantitative estimate of drug-likeness (QED) is 0.322. The summed E-state index contributed by atoms with van der Waals surface area (Å²) in [5.74, 6) is 0.107. The maximum atomic E-state index is 13.1. The van der Waals surface area contributed by atoms with E-state index in [-0.39, 0.29) is 5.78 Å². The highest BCUT2D eigenvalue weighted by Crippen LogP contribution is 2.44. The minimum atomic E-state index is 0.107. The molecule has 0 N–H and O–H groups in total. The molecule has 0 saturated carbocycles. The van der Waals surface area contributed by atoms with Gasteiger partial charge >= 0.3 is 0 Å². The molecule has 6 rings (SSSR count). The molecule has 4 heteroatoms. The molecule has 1 aliphatic carbocycles. The second-order valence-corrected chi connectivity index (χ2v) is 9.08. The number of ketones is 1. The normalized spacial score (nSPS) is 12.5. The first-order valence-corrected chi connectivity index (χ1v) is 10.7. The van der Waals surface area contributed by atoms with Crippen molar-refractivity contribution in [1.82, 2.24) is 4.98 Å². The lowest BCUT2D eigenvalue weighted by Gasteiger charge is -2.20. The number of benzene rings is 4. The summed E-state index contributed by atoms with van der Waals surface area (Å²) in [4.78, 5) is 19.0. The zero-order valence-corrected chi connectivity index (χ0v) is 16.3. The van der Waals surface area contributed by atoms with Gasteiger partial charge in [-0.2, -0.15) is 0 Å². The first-order valence-electron chi connectivity index (χ1n) is 9.03. The molecule has 5 aromatic rings. The molecule has 1 aliphatic rings. The summed E-state index contributed by atoms with van der Waals surface area (Å²) >= 11 is 3.38. The van der Waals surface area contributed by atoms with E-state index in [2.05, 4.69) is 24.3 Å². The number of carbonyl (C=O) groups excluding carboxylic acids is 1. The Morgan fingerprint density at radius 2 is 1.50 bits per heavy atom. The summed E-state index contributed by atoms with van der Waals surface area (Å²) in [5, 5.41) is 2.17. The summed E-state index contributed by atoms with van der Waals surface area (Å²) in [6.45, 7) is 0. The van der Waals surface area contributed by atoms with Crippen LogP contribution in [0.1, 0.15) is 15.9 Å². The van der Waals surface area contributed by atoms with Crippen molar-refractivity contribution in [3.05, 3.63) is 90.0 Å². The van der Waals surface area contributed by atoms with Crippen molar-refractivity contribution in [1.29, 1.82) is 0 Å². The number of nitrogens with zero attached hydrogens (tertiary/aromatic N) is 1. The average molecular weight is 396 g/mol. The summed E-state index contributed by atoms with van der Waals surface area (Å²) in [6.07, 6.45) is 0. The van der Waals surface area contributed by atoms with Crippen LogP contribution in [0.25, 0.3) is 32.1 Å². The van der Waals surface area contributed by atoms with Gasteiger partial charge in [-0.15, -0.1) is 11.3 Å². The maximum Gasteiger partial charge on any atom is 0.194 e. The number of hydrogen-bond donors (Lipinski definition) is 0. The monoisotopic (exact) mass is 395 g/mol. The van der Waals surface area contributed by atoms with E-state index in [4.69, 9.17) is 4.98 Å². The summed E-state index contributed by atoms with van der Waals surface area (Å²) in [5.41, 5.74) is 4.76. The Balaban J connectivity index is 1.57. The van der Waals surface area contributed by atoms with Crippen LogP contribution in [0.2, 0.25) is 0 Å². The van der Waals surface area contributed by atoms with E-state index >= 15 is 0 Å². The third-order valence-corrected chi connectivity index (χ3v) is 7.35. The van der Waals surface area contributed by atoms with Crippen molar-refractivity contribution in [2.24, 2.45) is 0 Å². The van der Waals surface area contributed by atoms with Crippen molar-refractivity contribution < 1.29 is 4.79 Å². The molecule has 0 spiro atoms. The molecule has 2 nitrogen and oxygen atoms in total. The van der Waals surface area contributed by atoms with Gasteiger partial charge in [0.25, 0.3) is 0 Å². The third-order valence-electron chi connectivity index (χ3n) is 5.18. The Hall–Kier alpha value is -2.95. The lowest BCUT2D eigenvalue weighted by molar-refractivity contribution is 0.104. The Morgan fingerprint density at radius 1 is 0.714 bits per heavy atom. The fraction of sp³-hybridized carbons (Fsp3) is 0. The molecule has 0 bridgehead atoms. The highest BCUT2D eigenvalue weighted by atomic mass is 32.2. The van der Waals surface area contributed by atoms with Crippen LogP contribution in [0.3, 0.4) is 0 Å². The van der Waals surface area contributed by atoms with Gasteiger partial charge < -0.3 is 0 Å². The molecule has 0 amide bonds. The molecule has 0 fully saturated rings. The van der Waals surface area contributed by atoms with E-state index in [1.165, 1.54) is 4.70 Å². The molecule has 0 radical (unpaired) electrons. The molecule has 0 aliphatic heterocycles. The number of rotatable bonds is 2. The summed E-state index contributed by atoms with van der Waals surface area (Å²) < 4.78 is 2.21. The molecule has 0 atom stereocenters. The minimum absolute atomic E-state index is 0.107. The zero-order valence-electron chi connectivity index (χ0n) is 14.7. The van der Waals surface area contributed by atoms with Crippen LogP contribution >= 0.6 is 23.1 Å². The van der Waals surface area contributed by atoms with E-state index in [1.54, 1.807) is 23.1 Å². The molecule has 132 valence electrons. The Morgan fingerprint density at radius 3 is 2.39 bits per heavy atom. The molecule has 0 saturated heterocycles. The largest absolute Gasteiger partial charge is 0.289 e. The van der Waals surface area contributed by atoms with Crippen LogP contribution in [0.15, 0.2) is 88.1 Å². The van der Waals surface area contributed by atoms with Crippen LogP contribution < -0.4 is 0 Å². The van der Waals surface area contributed by atoms with Crippen molar-refractivity contribution >= 4 is 49.9 Å². The standard InChI is InChI=1S/C24H13NOS2/c26-23-16-7-2-1-6-14(16)15-12-13-20(17-8-5-9-18(23)22(15)17)27-24-25-19-10-3-4-11-21(19)28-24/h1-13H. The van der Waals surface area contributed by atoms with E-state index in [0.717, 1.165) is 47.8 Å². The lowest BCUT2D eigenvalue weighted by atomic mass is 9.83. The van der Waals surface area contributed by atoms with Crippen LogP contribution in [0.5, 0.6) is 0 Å². The van der Waals surface area contributed by atoms with E-state index < -0.39 is 0 Å². The van der Waals surface area contributed by atoms with Crippen LogP contribution in [-0.2, 0) is 0 Å². The Bertz CT molecular complexity index is 1380. The summed E-state index contributed by atoms with van der Waals surface area (Å²) in [6, 6.07) is 26.4. The van der Waals surface area contributed by atoms with Crippen LogP contribution in [0, 0.1) is 0 Å². The average Bonchev–Trinajstić information content (AvgIpc) is 3.15. The van der Waals surface area contributed by atoms with Gasteiger partial charge in [-0.1, -0.05) is 72.4 Å². The van der Waals surface area contributed by atoms with Gasteiger partial charge in [-0.3, -0.25) is 4.79 Å². The van der Waals surface area contributed by atoms with E-state index in [0.29, 0.717) is 0 Å². The highest BCUT2D eigenvalue weighted by Gasteiger charge is 2.25. The van der Waals surface area contributed by atoms with Crippen LogP contribution in [-0.4, -0.2) is 10.8 Å². The number of aromatic nitrogens is 1. The zero-order chi connectivity index (χ0) is 18.7. The SMILES string of the molecule is O=C1c2ccccc2-c2ccc(Sc3nc4ccccc4s3)c3cccc1c23. The van der Waals surface area contributed by atoms with E-state index in [1.807, 2.05) is 54.6 Å². The van der Waals surface area contributed by atoms with Gasteiger partial charge in [0.1, 0.15) is 0 Å². The molecule has 4 aromatic carbocycles. The highest BCUT2D eigenvalue weighted by molar-refractivity contribution is 8.01. The van der Waals surface area contributed by atoms with Gasteiger partial charge in [0.05, 0.1) is 10.2 Å². The molecule has 1 aromatic heterocycles. The molecule has 28 heavy (non-hydrogen) atoms. The van der Waals surface area contributed by atoms with Crippen molar-refractivity contribution in [2.75, 3.05) is 0 Å². The molecule has 0 unspecified atom stereocenters. The molecule has 1 heterocycles. The number of carbonyl (C=O) groups is 1. The fourth-order valence-corrected chi connectivity index (χ4v) is 6.08. The smallest absolute Gasteiger partial charge is 0.194 e. The van der Waals surface area contributed by atoms with E-state index in [9.17, 15) is 4.79 Å². The van der Waals surface area contributed by atoms with Gasteiger partial charge in [0.15, 0.2) is 10.1 Å². The topological polar surface area (TPSA) is 30.0 Å². The van der Waals surface area contributed by atoms with Gasteiger partial charge in [-0.25, -0.2) is 4.98 Å². The Kier molecular flexibility index (Phi) is 3.45.